The SMILES string of the molecule is COc1ccc(C(Sc2cc(C)cc(C)n2)C(C)N)cc1. The number of benzene rings is 1. The van der Waals surface area contributed by atoms with Gasteiger partial charge in [0.25, 0.3) is 0 Å². The molecule has 4 heteroatoms. The van der Waals surface area contributed by atoms with E-state index in [0.29, 0.717) is 0 Å². The van der Waals surface area contributed by atoms with E-state index in [9.17, 15) is 0 Å². The summed E-state index contributed by atoms with van der Waals surface area (Å²) in [7, 11) is 1.67. The van der Waals surface area contributed by atoms with Crippen molar-refractivity contribution in [3.8, 4) is 5.75 Å². The quantitative estimate of drug-likeness (QED) is 0.851. The van der Waals surface area contributed by atoms with Gasteiger partial charge in [0.1, 0.15) is 5.75 Å². The van der Waals surface area contributed by atoms with Crippen LogP contribution in [-0.2, 0) is 0 Å². The largest absolute Gasteiger partial charge is 0.497 e. The summed E-state index contributed by atoms with van der Waals surface area (Å²) in [6.07, 6.45) is 0. The van der Waals surface area contributed by atoms with Gasteiger partial charge in [-0.25, -0.2) is 4.98 Å². The number of ether oxygens (including phenoxy) is 1. The van der Waals surface area contributed by atoms with Gasteiger partial charge in [-0.05, 0) is 56.2 Å². The lowest BCUT2D eigenvalue weighted by Crippen LogP contribution is -2.22. The van der Waals surface area contributed by atoms with Crippen molar-refractivity contribution >= 4 is 11.8 Å². The second-order valence-electron chi connectivity index (χ2n) is 5.29. The molecule has 2 N–H and O–H groups in total. The van der Waals surface area contributed by atoms with Gasteiger partial charge in [-0.15, -0.1) is 0 Å². The average Bonchev–Trinajstić information content (AvgIpc) is 2.43. The maximum atomic E-state index is 6.18. The van der Waals surface area contributed by atoms with Crippen molar-refractivity contribution in [3.63, 3.8) is 0 Å². The minimum atomic E-state index is 0.0333. The number of pyridine rings is 1. The summed E-state index contributed by atoms with van der Waals surface area (Å²) < 4.78 is 5.21. The molecule has 0 aliphatic rings. The van der Waals surface area contributed by atoms with Crippen molar-refractivity contribution in [3.05, 3.63) is 53.2 Å². The number of hydrogen-bond donors (Lipinski definition) is 1. The molecule has 21 heavy (non-hydrogen) atoms. The van der Waals surface area contributed by atoms with E-state index in [1.807, 2.05) is 26.0 Å². The minimum Gasteiger partial charge on any atom is -0.497 e. The zero-order valence-corrected chi connectivity index (χ0v) is 13.8. The number of methoxy groups -OCH3 is 1. The lowest BCUT2D eigenvalue weighted by Gasteiger charge is -2.21. The molecule has 2 rings (SSSR count). The first-order valence-corrected chi connectivity index (χ1v) is 7.89. The van der Waals surface area contributed by atoms with Crippen LogP contribution in [0, 0.1) is 13.8 Å². The van der Waals surface area contributed by atoms with E-state index in [1.54, 1.807) is 18.9 Å². The first-order valence-electron chi connectivity index (χ1n) is 7.01. The molecule has 0 saturated carbocycles. The van der Waals surface area contributed by atoms with Gasteiger partial charge in [-0.2, -0.15) is 0 Å². The Morgan fingerprint density at radius 2 is 1.81 bits per heavy atom. The predicted octanol–water partition coefficient (Wildman–Crippen LogP) is 3.89. The number of aryl methyl sites for hydroxylation is 2. The molecule has 0 fully saturated rings. The monoisotopic (exact) mass is 302 g/mol. The smallest absolute Gasteiger partial charge is 0.118 e. The highest BCUT2D eigenvalue weighted by molar-refractivity contribution is 7.99. The van der Waals surface area contributed by atoms with E-state index in [2.05, 4.69) is 36.2 Å². The lowest BCUT2D eigenvalue weighted by atomic mass is 10.1. The van der Waals surface area contributed by atoms with Gasteiger partial charge >= 0.3 is 0 Å². The van der Waals surface area contributed by atoms with Gasteiger partial charge in [-0.1, -0.05) is 23.9 Å². The van der Waals surface area contributed by atoms with Crippen LogP contribution in [0.2, 0.25) is 0 Å². The zero-order chi connectivity index (χ0) is 15.4. The van der Waals surface area contributed by atoms with Gasteiger partial charge < -0.3 is 10.5 Å². The lowest BCUT2D eigenvalue weighted by molar-refractivity contribution is 0.414. The van der Waals surface area contributed by atoms with Crippen LogP contribution in [0.5, 0.6) is 5.75 Å². The van der Waals surface area contributed by atoms with Crippen molar-refractivity contribution in [2.24, 2.45) is 5.73 Å². The number of aromatic nitrogens is 1. The van der Waals surface area contributed by atoms with Crippen LogP contribution in [0.4, 0.5) is 0 Å². The Kier molecular flexibility index (Phi) is 5.26. The first kappa shape index (κ1) is 15.9. The fraction of sp³-hybridized carbons (Fsp3) is 0.353. The number of rotatable bonds is 5. The molecule has 0 bridgehead atoms. The molecule has 1 heterocycles. The van der Waals surface area contributed by atoms with Crippen molar-refractivity contribution in [1.82, 2.24) is 4.98 Å². The fourth-order valence-electron chi connectivity index (χ4n) is 2.27. The summed E-state index contributed by atoms with van der Waals surface area (Å²) in [6, 6.07) is 12.3. The van der Waals surface area contributed by atoms with Crippen molar-refractivity contribution in [2.45, 2.75) is 37.1 Å². The van der Waals surface area contributed by atoms with Crippen molar-refractivity contribution in [2.75, 3.05) is 7.11 Å². The summed E-state index contributed by atoms with van der Waals surface area (Å²) >= 11 is 1.71. The normalized spacial score (nSPS) is 13.8. The third kappa shape index (κ3) is 4.22. The molecule has 0 saturated heterocycles. The zero-order valence-electron chi connectivity index (χ0n) is 13.0. The Hall–Kier alpha value is -1.52. The molecular formula is C17H22N2OS. The third-order valence-electron chi connectivity index (χ3n) is 3.24. The highest BCUT2D eigenvalue weighted by Crippen LogP contribution is 2.37. The van der Waals surface area contributed by atoms with Crippen LogP contribution in [0.15, 0.2) is 41.4 Å². The molecule has 3 nitrogen and oxygen atoms in total. The van der Waals surface area contributed by atoms with Crippen LogP contribution >= 0.6 is 11.8 Å². The summed E-state index contributed by atoms with van der Waals surface area (Å²) in [4.78, 5) is 4.60. The number of nitrogens with two attached hydrogens (primary N) is 1. The van der Waals surface area contributed by atoms with E-state index in [-0.39, 0.29) is 11.3 Å². The molecule has 0 aliphatic heterocycles. The molecule has 2 unspecified atom stereocenters. The molecule has 0 aliphatic carbocycles. The number of hydrogen-bond acceptors (Lipinski definition) is 4. The van der Waals surface area contributed by atoms with E-state index < -0.39 is 0 Å². The molecule has 2 aromatic rings. The van der Waals surface area contributed by atoms with Crippen LogP contribution in [0.1, 0.15) is 29.0 Å². The maximum Gasteiger partial charge on any atom is 0.118 e. The van der Waals surface area contributed by atoms with Gasteiger partial charge in [0.05, 0.1) is 17.4 Å². The van der Waals surface area contributed by atoms with Crippen LogP contribution in [0.25, 0.3) is 0 Å². The topological polar surface area (TPSA) is 48.1 Å². The number of nitrogens with zero attached hydrogens (tertiary/aromatic N) is 1. The molecule has 0 spiro atoms. The van der Waals surface area contributed by atoms with E-state index in [4.69, 9.17) is 10.5 Å². The minimum absolute atomic E-state index is 0.0333. The second-order valence-corrected chi connectivity index (χ2v) is 6.46. The summed E-state index contributed by atoms with van der Waals surface area (Å²) in [5, 5.41) is 1.19. The molecule has 2 atom stereocenters. The van der Waals surface area contributed by atoms with E-state index >= 15 is 0 Å². The Labute approximate surface area is 130 Å². The Balaban J connectivity index is 2.26. The Morgan fingerprint density at radius 1 is 1.14 bits per heavy atom. The van der Waals surface area contributed by atoms with Gasteiger partial charge in [0.2, 0.25) is 0 Å². The first-order chi connectivity index (χ1) is 9.99. The predicted molar refractivity (Wildman–Crippen MR) is 89.0 cm³/mol. The van der Waals surface area contributed by atoms with E-state index in [0.717, 1.165) is 16.5 Å². The van der Waals surface area contributed by atoms with Crippen LogP contribution in [0.3, 0.4) is 0 Å². The molecule has 0 amide bonds. The standard InChI is InChI=1S/C17H22N2OS/c1-11-9-12(2)19-16(10-11)21-17(13(3)18)14-5-7-15(20-4)8-6-14/h5-10,13,17H,18H2,1-4H3. The van der Waals surface area contributed by atoms with E-state index in [1.165, 1.54) is 11.1 Å². The number of thioether (sulfide) groups is 1. The van der Waals surface area contributed by atoms with Gasteiger partial charge in [0.15, 0.2) is 0 Å². The summed E-state index contributed by atoms with van der Waals surface area (Å²) in [5.74, 6) is 0.858. The second kappa shape index (κ2) is 6.96. The van der Waals surface area contributed by atoms with Gasteiger partial charge in [-0.3, -0.25) is 0 Å². The van der Waals surface area contributed by atoms with Crippen molar-refractivity contribution < 1.29 is 4.74 Å². The molecule has 1 aromatic heterocycles. The summed E-state index contributed by atoms with van der Waals surface area (Å²) in [5.41, 5.74) is 9.64. The maximum absolute atomic E-state index is 6.18. The third-order valence-corrected chi connectivity index (χ3v) is 4.65. The molecule has 112 valence electrons. The Morgan fingerprint density at radius 3 is 2.33 bits per heavy atom. The fourth-order valence-corrected chi connectivity index (χ4v) is 3.49. The van der Waals surface area contributed by atoms with Crippen LogP contribution < -0.4 is 10.5 Å². The molecule has 1 aromatic carbocycles. The average molecular weight is 302 g/mol. The summed E-state index contributed by atoms with van der Waals surface area (Å²) in [6.45, 7) is 6.14. The van der Waals surface area contributed by atoms with Gasteiger partial charge in [0, 0.05) is 11.7 Å². The molecule has 0 radical (unpaired) electrons. The highest BCUT2D eigenvalue weighted by Gasteiger charge is 2.18. The Bertz CT molecular complexity index is 576. The highest BCUT2D eigenvalue weighted by atomic mass is 32.2. The van der Waals surface area contributed by atoms with Crippen molar-refractivity contribution in [1.29, 1.82) is 0 Å². The molecular weight excluding hydrogens is 280 g/mol. The van der Waals surface area contributed by atoms with Crippen LogP contribution in [-0.4, -0.2) is 18.1 Å².